The molecular formula is C21H20BrNO5. The highest BCUT2D eigenvalue weighted by atomic mass is 79.9. The zero-order valence-electron chi connectivity index (χ0n) is 15.4. The number of carbonyl (C=O) groups excluding carboxylic acids is 2. The lowest BCUT2D eigenvalue weighted by molar-refractivity contribution is -0.186. The number of carbonyl (C=O) groups is 2. The number of halogens is 1. The molecule has 0 saturated heterocycles. The second-order valence-corrected chi connectivity index (χ2v) is 7.29. The van der Waals surface area contributed by atoms with E-state index in [9.17, 15) is 14.7 Å². The topological polar surface area (TPSA) is 84.9 Å². The standard InChI is InChI=1S/C21H20BrNO5/c1-3-27-20(25)19(23-16-10-4-13(2)5-11-16)21(26)18(24)12-17(28-21)14-6-8-15(22)9-7-14/h4-12,19,23,26H,3H2,1-2H3. The Bertz CT molecular complexity index is 907. The fourth-order valence-electron chi connectivity index (χ4n) is 2.79. The molecular weight excluding hydrogens is 426 g/mol. The first kappa shape index (κ1) is 20.1. The minimum atomic E-state index is -2.42. The highest BCUT2D eigenvalue weighted by Crippen LogP contribution is 2.34. The van der Waals surface area contributed by atoms with Crippen LogP contribution in [0.2, 0.25) is 0 Å². The van der Waals surface area contributed by atoms with E-state index >= 15 is 0 Å². The maximum absolute atomic E-state index is 12.6. The predicted octanol–water partition coefficient (Wildman–Crippen LogP) is 3.43. The van der Waals surface area contributed by atoms with Gasteiger partial charge in [-0.1, -0.05) is 45.8 Å². The minimum absolute atomic E-state index is 0.0994. The Kier molecular flexibility index (Phi) is 5.86. The van der Waals surface area contributed by atoms with E-state index in [2.05, 4.69) is 21.2 Å². The van der Waals surface area contributed by atoms with Gasteiger partial charge in [0.1, 0.15) is 5.76 Å². The van der Waals surface area contributed by atoms with Crippen LogP contribution in [0.3, 0.4) is 0 Å². The molecule has 0 aromatic heterocycles. The highest BCUT2D eigenvalue weighted by Gasteiger charge is 2.54. The summed E-state index contributed by atoms with van der Waals surface area (Å²) in [7, 11) is 0. The van der Waals surface area contributed by atoms with Crippen molar-refractivity contribution in [2.45, 2.75) is 25.7 Å². The van der Waals surface area contributed by atoms with Crippen molar-refractivity contribution in [3.63, 3.8) is 0 Å². The number of hydrogen-bond acceptors (Lipinski definition) is 6. The molecule has 0 fully saturated rings. The summed E-state index contributed by atoms with van der Waals surface area (Å²) in [6, 6.07) is 12.8. The molecule has 3 rings (SSSR count). The summed E-state index contributed by atoms with van der Waals surface area (Å²) in [5.74, 6) is -3.76. The smallest absolute Gasteiger partial charge is 0.336 e. The van der Waals surface area contributed by atoms with Crippen molar-refractivity contribution in [3.8, 4) is 0 Å². The van der Waals surface area contributed by atoms with E-state index < -0.39 is 23.6 Å². The Morgan fingerprint density at radius 1 is 1.21 bits per heavy atom. The number of benzene rings is 2. The summed E-state index contributed by atoms with van der Waals surface area (Å²) >= 11 is 3.34. The third-order valence-electron chi connectivity index (χ3n) is 4.29. The third kappa shape index (κ3) is 4.10. The summed E-state index contributed by atoms with van der Waals surface area (Å²) in [5, 5.41) is 13.9. The molecule has 2 aromatic carbocycles. The summed E-state index contributed by atoms with van der Waals surface area (Å²) in [6.45, 7) is 3.67. The number of hydrogen-bond donors (Lipinski definition) is 2. The van der Waals surface area contributed by atoms with Crippen molar-refractivity contribution in [3.05, 3.63) is 70.2 Å². The van der Waals surface area contributed by atoms with Gasteiger partial charge < -0.3 is 19.9 Å². The van der Waals surface area contributed by atoms with Gasteiger partial charge in [-0.25, -0.2) is 4.79 Å². The first-order valence-electron chi connectivity index (χ1n) is 8.77. The van der Waals surface area contributed by atoms with Gasteiger partial charge in [0.15, 0.2) is 6.04 Å². The van der Waals surface area contributed by atoms with Crippen LogP contribution >= 0.6 is 15.9 Å². The summed E-state index contributed by atoms with van der Waals surface area (Å²) in [4.78, 5) is 25.2. The summed E-state index contributed by atoms with van der Waals surface area (Å²) in [5.41, 5.74) is 2.18. The van der Waals surface area contributed by atoms with E-state index in [4.69, 9.17) is 9.47 Å². The molecule has 1 aliphatic heterocycles. The Morgan fingerprint density at radius 2 is 1.86 bits per heavy atom. The molecule has 0 radical (unpaired) electrons. The maximum atomic E-state index is 12.6. The first-order valence-corrected chi connectivity index (χ1v) is 9.56. The van der Waals surface area contributed by atoms with Crippen molar-refractivity contribution < 1.29 is 24.2 Å². The van der Waals surface area contributed by atoms with E-state index in [1.165, 1.54) is 6.08 Å². The predicted molar refractivity (Wildman–Crippen MR) is 108 cm³/mol. The van der Waals surface area contributed by atoms with Gasteiger partial charge in [-0.2, -0.15) is 0 Å². The van der Waals surface area contributed by atoms with Crippen LogP contribution in [0, 0.1) is 6.92 Å². The van der Waals surface area contributed by atoms with Crippen molar-refractivity contribution in [2.75, 3.05) is 11.9 Å². The van der Waals surface area contributed by atoms with E-state index in [1.807, 2.05) is 19.1 Å². The molecule has 2 aromatic rings. The van der Waals surface area contributed by atoms with Gasteiger partial charge in [0, 0.05) is 21.8 Å². The van der Waals surface area contributed by atoms with E-state index in [0.29, 0.717) is 11.3 Å². The van der Waals surface area contributed by atoms with Crippen molar-refractivity contribution >= 4 is 39.1 Å². The number of ketones is 1. The molecule has 1 heterocycles. The van der Waals surface area contributed by atoms with Gasteiger partial charge in [0.2, 0.25) is 5.78 Å². The average Bonchev–Trinajstić information content (AvgIpc) is 2.97. The summed E-state index contributed by atoms with van der Waals surface area (Å²) in [6.07, 6.45) is 1.19. The molecule has 0 saturated carbocycles. The van der Waals surface area contributed by atoms with Crippen LogP contribution in [0.1, 0.15) is 18.1 Å². The Hall–Kier alpha value is -2.64. The van der Waals surface area contributed by atoms with Crippen LogP contribution in [0.5, 0.6) is 0 Å². The Labute approximate surface area is 171 Å². The fourth-order valence-corrected chi connectivity index (χ4v) is 3.05. The van der Waals surface area contributed by atoms with E-state index in [0.717, 1.165) is 10.0 Å². The number of ether oxygens (including phenoxy) is 2. The zero-order chi connectivity index (χ0) is 20.3. The lowest BCUT2D eigenvalue weighted by Crippen LogP contribution is -2.56. The molecule has 2 unspecified atom stereocenters. The van der Waals surface area contributed by atoms with Gasteiger partial charge >= 0.3 is 11.8 Å². The minimum Gasteiger partial charge on any atom is -0.464 e. The van der Waals surface area contributed by atoms with Crippen molar-refractivity contribution in [2.24, 2.45) is 0 Å². The molecule has 0 aliphatic carbocycles. The number of rotatable bonds is 6. The lowest BCUT2D eigenvalue weighted by Gasteiger charge is -2.30. The summed E-state index contributed by atoms with van der Waals surface area (Å²) < 4.78 is 11.5. The van der Waals surface area contributed by atoms with Gasteiger partial charge in [-0.3, -0.25) is 4.79 Å². The van der Waals surface area contributed by atoms with E-state index in [1.54, 1.807) is 43.3 Å². The Balaban J connectivity index is 1.90. The van der Waals surface area contributed by atoms with Crippen molar-refractivity contribution in [1.29, 1.82) is 0 Å². The van der Waals surface area contributed by atoms with Crippen LogP contribution in [-0.2, 0) is 19.1 Å². The molecule has 0 bridgehead atoms. The molecule has 7 heteroatoms. The molecule has 2 N–H and O–H groups in total. The Morgan fingerprint density at radius 3 is 2.46 bits per heavy atom. The number of anilines is 1. The SMILES string of the molecule is CCOC(=O)C(Nc1ccc(C)cc1)C1(O)OC(c2ccc(Br)cc2)=CC1=O. The van der Waals surface area contributed by atoms with E-state index in [-0.39, 0.29) is 12.4 Å². The molecule has 146 valence electrons. The lowest BCUT2D eigenvalue weighted by atomic mass is 10.0. The number of esters is 1. The van der Waals surface area contributed by atoms with Crippen LogP contribution in [-0.4, -0.2) is 35.3 Å². The van der Waals surface area contributed by atoms with Crippen LogP contribution in [0.4, 0.5) is 5.69 Å². The molecule has 28 heavy (non-hydrogen) atoms. The van der Waals surface area contributed by atoms with Gasteiger partial charge in [-0.15, -0.1) is 0 Å². The monoisotopic (exact) mass is 445 g/mol. The largest absolute Gasteiger partial charge is 0.464 e. The highest BCUT2D eigenvalue weighted by molar-refractivity contribution is 9.10. The maximum Gasteiger partial charge on any atom is 0.336 e. The van der Waals surface area contributed by atoms with Gasteiger partial charge in [0.05, 0.1) is 6.61 Å². The molecule has 2 atom stereocenters. The molecule has 1 aliphatic rings. The molecule has 0 amide bonds. The average molecular weight is 446 g/mol. The van der Waals surface area contributed by atoms with Crippen molar-refractivity contribution in [1.82, 2.24) is 0 Å². The number of nitrogens with one attached hydrogen (secondary N) is 1. The quantitative estimate of drug-likeness (QED) is 0.662. The normalized spacial score (nSPS) is 19.6. The molecule has 6 nitrogen and oxygen atoms in total. The first-order chi connectivity index (χ1) is 13.3. The molecule has 0 spiro atoms. The fraction of sp³-hybridized carbons (Fsp3) is 0.238. The van der Waals surface area contributed by atoms with Gasteiger partial charge in [0.25, 0.3) is 0 Å². The second-order valence-electron chi connectivity index (χ2n) is 6.37. The van der Waals surface area contributed by atoms with Crippen LogP contribution in [0.15, 0.2) is 59.1 Å². The van der Waals surface area contributed by atoms with Crippen LogP contribution in [0.25, 0.3) is 5.76 Å². The van der Waals surface area contributed by atoms with Crippen LogP contribution < -0.4 is 5.32 Å². The third-order valence-corrected chi connectivity index (χ3v) is 4.81. The number of aryl methyl sites for hydroxylation is 1. The number of aliphatic hydroxyl groups is 1. The zero-order valence-corrected chi connectivity index (χ0v) is 17.0. The second kappa shape index (κ2) is 8.16. The van der Waals surface area contributed by atoms with Gasteiger partial charge in [-0.05, 0) is 38.1 Å².